The van der Waals surface area contributed by atoms with E-state index in [1.807, 2.05) is 53.4 Å². The maximum Gasteiger partial charge on any atom is 0.230 e. The van der Waals surface area contributed by atoms with Crippen LogP contribution in [0.3, 0.4) is 0 Å². The van der Waals surface area contributed by atoms with Crippen LogP contribution in [-0.4, -0.2) is 26.4 Å². The summed E-state index contributed by atoms with van der Waals surface area (Å²) in [5.74, 6) is 1.02. The molecule has 0 saturated heterocycles. The molecular weight excluding hydrogens is 364 g/mol. The van der Waals surface area contributed by atoms with Gasteiger partial charge in [0.1, 0.15) is 0 Å². The molecule has 0 bridgehead atoms. The van der Waals surface area contributed by atoms with Crippen molar-refractivity contribution < 1.29 is 4.79 Å². The number of thioether (sulfide) groups is 1. The number of thiophene rings is 1. The first kappa shape index (κ1) is 17.0. The zero-order valence-corrected chi connectivity index (χ0v) is 15.3. The summed E-state index contributed by atoms with van der Waals surface area (Å²) < 4.78 is 1.88. The van der Waals surface area contributed by atoms with Crippen LogP contribution < -0.4 is 5.32 Å². The van der Waals surface area contributed by atoms with Crippen LogP contribution >= 0.6 is 34.7 Å². The molecule has 0 aliphatic heterocycles. The summed E-state index contributed by atoms with van der Waals surface area (Å²) in [4.78, 5) is 13.1. The molecule has 3 aromatic rings. The van der Waals surface area contributed by atoms with Gasteiger partial charge in [-0.1, -0.05) is 29.4 Å². The van der Waals surface area contributed by atoms with Crippen molar-refractivity contribution in [2.75, 3.05) is 5.75 Å². The molecular formula is C16H15ClN4OS2. The molecule has 1 amide bonds. The van der Waals surface area contributed by atoms with Crippen LogP contribution in [0.15, 0.2) is 46.9 Å². The predicted octanol–water partition coefficient (Wildman–Crippen LogP) is 3.61. The van der Waals surface area contributed by atoms with Crippen LogP contribution in [0, 0.1) is 0 Å². The number of hydrogen-bond acceptors (Lipinski definition) is 5. The van der Waals surface area contributed by atoms with Crippen LogP contribution in [0.1, 0.15) is 4.88 Å². The lowest BCUT2D eigenvalue weighted by atomic mass is 10.2. The third-order valence-electron chi connectivity index (χ3n) is 3.31. The summed E-state index contributed by atoms with van der Waals surface area (Å²) in [6.45, 7) is 0.561. The summed E-state index contributed by atoms with van der Waals surface area (Å²) in [7, 11) is 1.88. The average Bonchev–Trinajstić information content (AvgIpc) is 3.22. The monoisotopic (exact) mass is 378 g/mol. The van der Waals surface area contributed by atoms with Gasteiger partial charge >= 0.3 is 0 Å². The third kappa shape index (κ3) is 4.17. The maximum absolute atomic E-state index is 11.9. The van der Waals surface area contributed by atoms with E-state index in [4.69, 9.17) is 11.6 Å². The lowest BCUT2D eigenvalue weighted by Gasteiger charge is -2.05. The Hall–Kier alpha value is -1.83. The quantitative estimate of drug-likeness (QED) is 0.666. The predicted molar refractivity (Wildman–Crippen MR) is 98.3 cm³/mol. The molecule has 0 spiro atoms. The van der Waals surface area contributed by atoms with Gasteiger partial charge in [-0.25, -0.2) is 0 Å². The van der Waals surface area contributed by atoms with Crippen molar-refractivity contribution >= 4 is 40.6 Å². The number of hydrogen-bond donors (Lipinski definition) is 1. The van der Waals surface area contributed by atoms with E-state index in [1.54, 1.807) is 11.3 Å². The second-order valence-corrected chi connectivity index (χ2v) is 7.43. The van der Waals surface area contributed by atoms with Crippen LogP contribution in [0.4, 0.5) is 0 Å². The molecule has 5 nitrogen and oxygen atoms in total. The topological polar surface area (TPSA) is 59.8 Å². The van der Waals surface area contributed by atoms with Gasteiger partial charge in [-0.2, -0.15) is 0 Å². The van der Waals surface area contributed by atoms with Gasteiger partial charge in [-0.15, -0.1) is 21.5 Å². The van der Waals surface area contributed by atoms with E-state index in [0.717, 1.165) is 16.3 Å². The van der Waals surface area contributed by atoms with E-state index in [2.05, 4.69) is 15.5 Å². The second kappa shape index (κ2) is 7.83. The van der Waals surface area contributed by atoms with E-state index in [0.29, 0.717) is 22.5 Å². The Labute approximate surface area is 153 Å². The number of carbonyl (C=O) groups is 1. The van der Waals surface area contributed by atoms with Crippen LogP contribution in [-0.2, 0) is 18.4 Å². The molecule has 2 heterocycles. The lowest BCUT2D eigenvalue weighted by molar-refractivity contribution is -0.118. The molecule has 0 aliphatic rings. The maximum atomic E-state index is 11.9. The van der Waals surface area contributed by atoms with Gasteiger partial charge < -0.3 is 9.88 Å². The Kier molecular flexibility index (Phi) is 5.55. The van der Waals surface area contributed by atoms with Crippen molar-refractivity contribution in [1.82, 2.24) is 20.1 Å². The van der Waals surface area contributed by atoms with E-state index in [9.17, 15) is 4.79 Å². The molecule has 0 radical (unpaired) electrons. The van der Waals surface area contributed by atoms with Crippen LogP contribution in [0.2, 0.25) is 5.02 Å². The number of nitrogens with zero attached hydrogens (tertiary/aromatic N) is 3. The summed E-state index contributed by atoms with van der Waals surface area (Å²) in [5, 5.41) is 14.6. The highest BCUT2D eigenvalue weighted by molar-refractivity contribution is 7.99. The van der Waals surface area contributed by atoms with Crippen LogP contribution in [0.25, 0.3) is 11.4 Å². The molecule has 0 atom stereocenters. The lowest BCUT2D eigenvalue weighted by Crippen LogP contribution is -2.24. The molecule has 24 heavy (non-hydrogen) atoms. The number of rotatable bonds is 6. The first-order valence-electron chi connectivity index (χ1n) is 7.20. The molecule has 8 heteroatoms. The van der Waals surface area contributed by atoms with Crippen molar-refractivity contribution in [3.63, 3.8) is 0 Å². The van der Waals surface area contributed by atoms with Gasteiger partial charge in [-0.3, -0.25) is 4.79 Å². The van der Waals surface area contributed by atoms with Gasteiger partial charge in [-0.05, 0) is 35.7 Å². The van der Waals surface area contributed by atoms with Gasteiger partial charge in [0.05, 0.1) is 12.3 Å². The highest BCUT2D eigenvalue weighted by Gasteiger charge is 2.13. The van der Waals surface area contributed by atoms with Gasteiger partial charge in [0.15, 0.2) is 11.0 Å². The normalized spacial score (nSPS) is 10.8. The Bertz CT molecular complexity index is 815. The second-order valence-electron chi connectivity index (χ2n) is 5.02. The molecule has 0 aliphatic carbocycles. The number of aromatic nitrogens is 3. The fraction of sp³-hybridized carbons (Fsp3) is 0.188. The SMILES string of the molecule is Cn1c(SCC(=O)NCc2cccs2)nnc1-c1ccc(Cl)cc1. The molecule has 124 valence electrons. The highest BCUT2D eigenvalue weighted by Crippen LogP contribution is 2.23. The van der Waals surface area contributed by atoms with Gasteiger partial charge in [0.25, 0.3) is 0 Å². The molecule has 1 N–H and O–H groups in total. The first-order valence-corrected chi connectivity index (χ1v) is 9.45. The van der Waals surface area contributed by atoms with E-state index in [1.165, 1.54) is 11.8 Å². The third-order valence-corrected chi connectivity index (χ3v) is 5.46. The highest BCUT2D eigenvalue weighted by atomic mass is 35.5. The molecule has 0 saturated carbocycles. The minimum atomic E-state index is -0.0237. The Morgan fingerprint density at radius 3 is 2.79 bits per heavy atom. The molecule has 1 aromatic carbocycles. The number of halogens is 1. The summed E-state index contributed by atoms with van der Waals surface area (Å²) in [5.41, 5.74) is 0.934. The van der Waals surface area contributed by atoms with Crippen molar-refractivity contribution in [1.29, 1.82) is 0 Å². The van der Waals surface area contributed by atoms with Crippen LogP contribution in [0.5, 0.6) is 0 Å². The van der Waals surface area contributed by atoms with Crippen molar-refractivity contribution in [3.8, 4) is 11.4 Å². The van der Waals surface area contributed by atoms with Gasteiger partial charge in [0, 0.05) is 22.5 Å². The molecule has 3 rings (SSSR count). The zero-order chi connectivity index (χ0) is 16.9. The van der Waals surface area contributed by atoms with Crippen molar-refractivity contribution in [2.45, 2.75) is 11.7 Å². The summed E-state index contributed by atoms with van der Waals surface area (Å²) >= 11 is 8.90. The van der Waals surface area contributed by atoms with E-state index < -0.39 is 0 Å². The Morgan fingerprint density at radius 2 is 2.08 bits per heavy atom. The Morgan fingerprint density at radius 1 is 1.29 bits per heavy atom. The molecule has 2 aromatic heterocycles. The summed E-state index contributed by atoms with van der Waals surface area (Å²) in [6, 6.07) is 11.4. The van der Waals surface area contributed by atoms with Gasteiger partial charge in [0.2, 0.25) is 5.91 Å². The Balaban J connectivity index is 1.58. The van der Waals surface area contributed by atoms with Crippen molar-refractivity contribution in [3.05, 3.63) is 51.7 Å². The standard InChI is InChI=1S/C16H15ClN4OS2/c1-21-15(11-4-6-12(17)7-5-11)19-20-16(21)24-10-14(22)18-9-13-3-2-8-23-13/h2-8H,9-10H2,1H3,(H,18,22). The average molecular weight is 379 g/mol. The largest absolute Gasteiger partial charge is 0.350 e. The molecule has 0 unspecified atom stereocenters. The van der Waals surface area contributed by atoms with E-state index >= 15 is 0 Å². The number of carbonyl (C=O) groups excluding carboxylic acids is 1. The van der Waals surface area contributed by atoms with E-state index in [-0.39, 0.29) is 5.91 Å². The fourth-order valence-corrected chi connectivity index (χ4v) is 3.58. The summed E-state index contributed by atoms with van der Waals surface area (Å²) in [6.07, 6.45) is 0. The first-order chi connectivity index (χ1) is 11.6. The molecule has 0 fully saturated rings. The smallest absolute Gasteiger partial charge is 0.230 e. The number of nitrogens with one attached hydrogen (secondary N) is 1. The number of benzene rings is 1. The fourth-order valence-electron chi connectivity index (χ4n) is 2.07. The zero-order valence-electron chi connectivity index (χ0n) is 12.9. The minimum absolute atomic E-state index is 0.0237. The number of amides is 1. The minimum Gasteiger partial charge on any atom is -0.350 e. The van der Waals surface area contributed by atoms with Crippen molar-refractivity contribution in [2.24, 2.45) is 7.05 Å².